The maximum Gasteiger partial charge on any atom is 0.253 e. The van der Waals surface area contributed by atoms with Gasteiger partial charge in [-0.2, -0.15) is 0 Å². The van der Waals surface area contributed by atoms with Crippen LogP contribution in [0.4, 0.5) is 0 Å². The van der Waals surface area contributed by atoms with Crippen molar-refractivity contribution in [2.75, 3.05) is 13.2 Å². The molecule has 2 unspecified atom stereocenters. The number of amides is 2. The van der Waals surface area contributed by atoms with E-state index in [2.05, 4.69) is 10.3 Å². The van der Waals surface area contributed by atoms with E-state index in [9.17, 15) is 19.8 Å². The zero-order valence-electron chi connectivity index (χ0n) is 19.6. The van der Waals surface area contributed by atoms with E-state index in [1.165, 1.54) is 0 Å². The van der Waals surface area contributed by atoms with E-state index >= 15 is 0 Å². The highest BCUT2D eigenvalue weighted by molar-refractivity contribution is 6.22. The summed E-state index contributed by atoms with van der Waals surface area (Å²) in [6, 6.07) is 18.0. The number of nitrogens with two attached hydrogens (primary N) is 1. The first-order chi connectivity index (χ1) is 16.3. The summed E-state index contributed by atoms with van der Waals surface area (Å²) in [7, 11) is 0. The Hall–Kier alpha value is -3.29. The van der Waals surface area contributed by atoms with Crippen LogP contribution in [0.5, 0.6) is 0 Å². The van der Waals surface area contributed by atoms with Gasteiger partial charge in [0.2, 0.25) is 5.91 Å². The zero-order valence-corrected chi connectivity index (χ0v) is 19.6. The van der Waals surface area contributed by atoms with Gasteiger partial charge in [0, 0.05) is 18.2 Å². The number of hydrogen-bond donors (Lipinski definition) is 4. The van der Waals surface area contributed by atoms with Crippen molar-refractivity contribution in [1.82, 2.24) is 5.32 Å². The highest BCUT2D eigenvalue weighted by Gasteiger charge is 2.49. The average molecular weight is 464 g/mol. The molecule has 1 heterocycles. The first kappa shape index (κ1) is 25.3. The molecule has 2 aromatic rings. The molecule has 1 aliphatic rings. The first-order valence-corrected chi connectivity index (χ1v) is 11.5. The molecular weight excluding hydrogens is 430 g/mol. The number of aliphatic hydroxyl groups is 2. The van der Waals surface area contributed by atoms with Crippen LogP contribution in [0, 0.1) is 11.3 Å². The lowest BCUT2D eigenvalue weighted by Gasteiger charge is -2.41. The quantitative estimate of drug-likeness (QED) is 0.429. The molecule has 3 rings (SSSR count). The standard InChI is InChI=1S/C27H33N3O4/c1-18-24(25(33)30-23(17-32)14-21-11-7-4-8-12-21)15-27(26(28)34,19(2)29-18)22(16-31)13-20-9-5-3-6-10-20/h3-12,15,19,22-23,31-32H,13-14,16-17H2,1-2H3,(H2,28,34)(H,30,33)/t19?,22-,23+,27?/m1/s1. The fraction of sp³-hybridized carbons (Fsp3) is 0.370. The molecule has 7 heteroatoms. The topological polar surface area (TPSA) is 125 Å². The van der Waals surface area contributed by atoms with Gasteiger partial charge in [0.25, 0.3) is 5.91 Å². The second-order valence-electron chi connectivity index (χ2n) is 8.86. The maximum absolute atomic E-state index is 13.3. The molecule has 180 valence electrons. The van der Waals surface area contributed by atoms with E-state index in [0.29, 0.717) is 18.6 Å². The largest absolute Gasteiger partial charge is 0.396 e. The molecule has 0 bridgehead atoms. The second-order valence-corrected chi connectivity index (χ2v) is 8.86. The van der Waals surface area contributed by atoms with Gasteiger partial charge < -0.3 is 21.3 Å². The Bertz CT molecular complexity index is 1050. The van der Waals surface area contributed by atoms with E-state index in [0.717, 1.165) is 11.1 Å². The number of carbonyl (C=O) groups excluding carboxylic acids is 2. The van der Waals surface area contributed by atoms with Crippen molar-refractivity contribution in [3.63, 3.8) is 0 Å². The Morgan fingerprint density at radius 2 is 1.56 bits per heavy atom. The Kier molecular flexibility index (Phi) is 8.36. The summed E-state index contributed by atoms with van der Waals surface area (Å²) in [5, 5.41) is 23.0. The zero-order chi connectivity index (χ0) is 24.7. The number of rotatable bonds is 10. The van der Waals surface area contributed by atoms with Crippen LogP contribution in [0.3, 0.4) is 0 Å². The highest BCUT2D eigenvalue weighted by Crippen LogP contribution is 2.41. The molecule has 0 saturated heterocycles. The van der Waals surface area contributed by atoms with Gasteiger partial charge in [0.05, 0.1) is 29.7 Å². The Labute approximate surface area is 200 Å². The summed E-state index contributed by atoms with van der Waals surface area (Å²) < 4.78 is 0. The van der Waals surface area contributed by atoms with Gasteiger partial charge in [-0.25, -0.2) is 0 Å². The number of nitrogens with zero attached hydrogens (tertiary/aromatic N) is 1. The van der Waals surface area contributed by atoms with Gasteiger partial charge in [0.15, 0.2) is 0 Å². The first-order valence-electron chi connectivity index (χ1n) is 11.5. The second kappa shape index (κ2) is 11.2. The number of carbonyl (C=O) groups is 2. The molecule has 0 radical (unpaired) electrons. The Morgan fingerprint density at radius 1 is 1.00 bits per heavy atom. The van der Waals surface area contributed by atoms with Gasteiger partial charge in [-0.05, 0) is 37.8 Å². The van der Waals surface area contributed by atoms with E-state index in [1.54, 1.807) is 19.9 Å². The molecule has 5 N–H and O–H groups in total. The molecule has 7 nitrogen and oxygen atoms in total. The molecule has 4 atom stereocenters. The van der Waals surface area contributed by atoms with Crippen LogP contribution in [0.25, 0.3) is 0 Å². The number of hydrogen-bond acceptors (Lipinski definition) is 5. The van der Waals surface area contributed by atoms with Gasteiger partial charge in [-0.3, -0.25) is 14.6 Å². The molecule has 0 saturated carbocycles. The minimum absolute atomic E-state index is 0.231. The van der Waals surface area contributed by atoms with Crippen molar-refractivity contribution in [2.24, 2.45) is 22.1 Å². The van der Waals surface area contributed by atoms with Crippen molar-refractivity contribution in [2.45, 2.75) is 38.8 Å². The predicted octanol–water partition coefficient (Wildman–Crippen LogP) is 1.82. The summed E-state index contributed by atoms with van der Waals surface area (Å²) in [5.74, 6) is -1.65. The molecule has 34 heavy (non-hydrogen) atoms. The smallest absolute Gasteiger partial charge is 0.253 e. The molecule has 0 aliphatic carbocycles. The molecule has 0 spiro atoms. The number of nitrogens with one attached hydrogen (secondary N) is 1. The van der Waals surface area contributed by atoms with Crippen LogP contribution in [0.15, 0.2) is 77.3 Å². The molecule has 0 fully saturated rings. The van der Waals surface area contributed by atoms with Crippen LogP contribution in [-0.4, -0.2) is 53.0 Å². The average Bonchev–Trinajstić information content (AvgIpc) is 2.83. The van der Waals surface area contributed by atoms with Crippen molar-refractivity contribution < 1.29 is 19.8 Å². The third-order valence-electron chi connectivity index (χ3n) is 6.62. The summed E-state index contributed by atoms with van der Waals surface area (Å²) in [6.07, 6.45) is 2.44. The van der Waals surface area contributed by atoms with Crippen LogP contribution >= 0.6 is 0 Å². The summed E-state index contributed by atoms with van der Waals surface area (Å²) in [4.78, 5) is 30.8. The third-order valence-corrected chi connectivity index (χ3v) is 6.62. The number of benzene rings is 2. The van der Waals surface area contributed by atoms with Crippen molar-refractivity contribution in [3.05, 3.63) is 83.4 Å². The van der Waals surface area contributed by atoms with Crippen molar-refractivity contribution >= 4 is 17.5 Å². The van der Waals surface area contributed by atoms with E-state index in [4.69, 9.17) is 5.73 Å². The highest BCUT2D eigenvalue weighted by atomic mass is 16.3. The lowest BCUT2D eigenvalue weighted by Crippen LogP contribution is -2.53. The molecular formula is C27H33N3O4. The predicted molar refractivity (Wildman–Crippen MR) is 132 cm³/mol. The van der Waals surface area contributed by atoms with Crippen molar-refractivity contribution in [1.29, 1.82) is 0 Å². The summed E-state index contributed by atoms with van der Waals surface area (Å²) in [6.45, 7) is 2.95. The summed E-state index contributed by atoms with van der Waals surface area (Å²) >= 11 is 0. The number of dihydropyridines is 1. The van der Waals surface area contributed by atoms with Crippen LogP contribution in [-0.2, 0) is 22.4 Å². The van der Waals surface area contributed by atoms with Gasteiger partial charge in [0.1, 0.15) is 0 Å². The van der Waals surface area contributed by atoms with Crippen LogP contribution < -0.4 is 11.1 Å². The molecule has 0 aromatic heterocycles. The molecule has 2 amide bonds. The Morgan fingerprint density at radius 3 is 2.06 bits per heavy atom. The fourth-order valence-corrected chi connectivity index (χ4v) is 4.70. The molecule has 1 aliphatic heterocycles. The van der Waals surface area contributed by atoms with Gasteiger partial charge in [-0.1, -0.05) is 66.7 Å². The van der Waals surface area contributed by atoms with Gasteiger partial charge >= 0.3 is 0 Å². The number of aliphatic hydroxyl groups excluding tert-OH is 2. The van der Waals surface area contributed by atoms with E-state index in [-0.39, 0.29) is 18.8 Å². The van der Waals surface area contributed by atoms with E-state index < -0.39 is 35.2 Å². The molecule has 2 aromatic carbocycles. The normalized spacial score (nSPS) is 21.7. The Balaban J connectivity index is 1.92. The van der Waals surface area contributed by atoms with Crippen LogP contribution in [0.2, 0.25) is 0 Å². The summed E-state index contributed by atoms with van der Waals surface area (Å²) in [5.41, 5.74) is 7.22. The van der Waals surface area contributed by atoms with Crippen LogP contribution in [0.1, 0.15) is 25.0 Å². The lowest BCUT2D eigenvalue weighted by atomic mass is 9.65. The maximum atomic E-state index is 13.3. The third kappa shape index (κ3) is 5.43. The minimum Gasteiger partial charge on any atom is -0.396 e. The van der Waals surface area contributed by atoms with Crippen molar-refractivity contribution in [3.8, 4) is 0 Å². The van der Waals surface area contributed by atoms with E-state index in [1.807, 2.05) is 60.7 Å². The SMILES string of the molecule is CC1=NC(C)C(C(N)=O)([C@@H](CO)Cc2ccccc2)C=C1C(=O)N[C@H](CO)Cc1ccccc1. The number of primary amides is 1. The van der Waals surface area contributed by atoms with Gasteiger partial charge in [-0.15, -0.1) is 0 Å². The monoisotopic (exact) mass is 463 g/mol. The number of aliphatic imine (C=N–C) groups is 1. The minimum atomic E-state index is -1.34. The fourth-order valence-electron chi connectivity index (χ4n) is 4.70. The lowest BCUT2D eigenvalue weighted by molar-refractivity contribution is -0.129.